The molecule has 1 aromatic heterocycles. The lowest BCUT2D eigenvalue weighted by molar-refractivity contribution is 0.163. The van der Waals surface area contributed by atoms with Gasteiger partial charge in [0.15, 0.2) is 11.4 Å². The second-order valence-corrected chi connectivity index (χ2v) is 12.7. The summed E-state index contributed by atoms with van der Waals surface area (Å²) in [6, 6.07) is 40.1. The maximum atomic E-state index is 14.3. The van der Waals surface area contributed by atoms with Crippen LogP contribution in [0, 0.1) is 5.82 Å². The van der Waals surface area contributed by atoms with Crippen molar-refractivity contribution in [3.8, 4) is 28.3 Å². The molecule has 1 aliphatic carbocycles. The Morgan fingerprint density at radius 3 is 2.17 bits per heavy atom. The summed E-state index contributed by atoms with van der Waals surface area (Å²) in [7, 11) is 0. The smallest absolute Gasteiger partial charge is 0.178 e. The summed E-state index contributed by atoms with van der Waals surface area (Å²) in [5.74, 6) is 1.21. The Hall–Kier alpha value is -5.61. The van der Waals surface area contributed by atoms with Gasteiger partial charge < -0.3 is 4.74 Å². The number of nitrogens with zero attached hydrogens (tertiary/aromatic N) is 2. The van der Waals surface area contributed by atoms with Gasteiger partial charge in [0.2, 0.25) is 0 Å². The van der Waals surface area contributed by atoms with Gasteiger partial charge in [-0.15, -0.1) is 0 Å². The van der Waals surface area contributed by atoms with Crippen LogP contribution in [0.2, 0.25) is 0 Å². The number of ether oxygens (including phenoxy) is 1. The van der Waals surface area contributed by atoms with E-state index in [2.05, 4.69) is 91.6 Å². The van der Waals surface area contributed by atoms with Crippen molar-refractivity contribution >= 4 is 27.8 Å². The fraction of sp³-hybridized carbons (Fsp3) is 0.0952. The molecule has 4 heteroatoms. The van der Waals surface area contributed by atoms with Crippen LogP contribution in [0.4, 0.5) is 4.39 Å². The van der Waals surface area contributed by atoms with Crippen molar-refractivity contribution in [3.05, 3.63) is 167 Å². The Kier molecular flexibility index (Phi) is 5.64. The first kappa shape index (κ1) is 26.8. The molecule has 0 fully saturated rings. The number of hydrogen-bond donors (Lipinski definition) is 0. The molecule has 9 rings (SSSR count). The summed E-state index contributed by atoms with van der Waals surface area (Å²) in [6.45, 7) is 4.60. The van der Waals surface area contributed by atoms with Crippen LogP contribution in [-0.2, 0) is 11.0 Å². The summed E-state index contributed by atoms with van der Waals surface area (Å²) in [5.41, 5.74) is 8.61. The Balaban J connectivity index is 1.25. The number of rotatable bonds is 3. The molecule has 0 amide bonds. The third-order valence-corrected chi connectivity index (χ3v) is 9.78. The quantitative estimate of drug-likeness (QED) is 0.204. The van der Waals surface area contributed by atoms with E-state index in [0.717, 1.165) is 44.3 Å². The molecule has 2 heterocycles. The summed E-state index contributed by atoms with van der Waals surface area (Å²) in [4.78, 5) is 9.44. The van der Waals surface area contributed by atoms with Crippen molar-refractivity contribution in [2.24, 2.45) is 0 Å². The zero-order valence-corrected chi connectivity index (χ0v) is 25.5. The van der Waals surface area contributed by atoms with Crippen LogP contribution in [0.1, 0.15) is 41.7 Å². The van der Waals surface area contributed by atoms with Crippen LogP contribution in [0.5, 0.6) is 5.75 Å². The van der Waals surface area contributed by atoms with Gasteiger partial charge in [-0.05, 0) is 51.9 Å². The first-order valence-corrected chi connectivity index (χ1v) is 15.6. The average Bonchev–Trinajstić information content (AvgIpc) is 3.35. The number of halogens is 1. The van der Waals surface area contributed by atoms with Gasteiger partial charge in [0.25, 0.3) is 0 Å². The zero-order valence-electron chi connectivity index (χ0n) is 25.5. The lowest BCUT2D eigenvalue weighted by atomic mass is 9.77. The van der Waals surface area contributed by atoms with E-state index in [-0.39, 0.29) is 11.2 Å². The minimum absolute atomic E-state index is 0.217. The number of aromatic nitrogens is 2. The fourth-order valence-corrected chi connectivity index (χ4v) is 7.55. The molecular formula is C42H29FN2O. The lowest BCUT2D eigenvalue weighted by Gasteiger charge is -2.38. The van der Waals surface area contributed by atoms with Gasteiger partial charge in [0.1, 0.15) is 11.6 Å². The number of para-hydroxylation sites is 1. The van der Waals surface area contributed by atoms with Crippen molar-refractivity contribution in [1.29, 1.82) is 0 Å². The van der Waals surface area contributed by atoms with E-state index < -0.39 is 5.60 Å². The molecule has 0 N–H and O–H groups in total. The molecule has 220 valence electrons. The van der Waals surface area contributed by atoms with Gasteiger partial charge in [-0.3, -0.25) is 0 Å². The van der Waals surface area contributed by atoms with E-state index in [9.17, 15) is 4.39 Å². The van der Waals surface area contributed by atoms with Gasteiger partial charge >= 0.3 is 0 Å². The number of fused-ring (bicyclic) bond motifs is 9. The van der Waals surface area contributed by atoms with Crippen molar-refractivity contribution in [3.63, 3.8) is 0 Å². The summed E-state index contributed by atoms with van der Waals surface area (Å²) < 4.78 is 21.6. The van der Waals surface area contributed by atoms with E-state index >= 15 is 0 Å². The van der Waals surface area contributed by atoms with Gasteiger partial charge in [0.05, 0.1) is 5.52 Å². The predicted octanol–water partition coefficient (Wildman–Crippen LogP) is 10.2. The first-order chi connectivity index (χ1) is 22.4. The molecule has 0 saturated carbocycles. The third-order valence-electron chi connectivity index (χ3n) is 9.78. The molecule has 3 nitrogen and oxygen atoms in total. The van der Waals surface area contributed by atoms with Gasteiger partial charge in [-0.1, -0.05) is 123 Å². The van der Waals surface area contributed by atoms with Crippen LogP contribution in [-0.4, -0.2) is 9.97 Å². The molecule has 1 atom stereocenters. The van der Waals surface area contributed by atoms with Crippen molar-refractivity contribution in [1.82, 2.24) is 9.97 Å². The molecule has 0 bridgehead atoms. The molecule has 46 heavy (non-hydrogen) atoms. The van der Waals surface area contributed by atoms with Crippen molar-refractivity contribution in [2.45, 2.75) is 24.9 Å². The maximum absolute atomic E-state index is 14.3. The molecule has 0 spiro atoms. The third kappa shape index (κ3) is 3.77. The van der Waals surface area contributed by atoms with E-state index in [0.29, 0.717) is 5.82 Å². The van der Waals surface area contributed by atoms with E-state index in [1.807, 2.05) is 54.7 Å². The largest absolute Gasteiger partial charge is 0.472 e. The minimum atomic E-state index is -0.990. The Morgan fingerprint density at radius 1 is 0.696 bits per heavy atom. The summed E-state index contributed by atoms with van der Waals surface area (Å²) in [6.07, 6.45) is 6.22. The highest BCUT2D eigenvalue weighted by molar-refractivity contribution is 6.08. The standard InChI is InChI=1S/C42H29FN2O/c1-41(2)35-13-7-6-12-33(35)37-31-10-4-5-11-32(31)39-34(38(37)41)23-24-42(46-39,29-19-21-30(43)22-20-29)28-17-15-26(16-18-28)40-44-25-27-9-3-8-14-36(27)45-40/h3-25H,1-2H3. The SMILES string of the molecule is CC1(C)c2ccccc2-c2c1c1c(c3ccccc23)OC(c2ccc(F)cc2)(c2ccc(-c3ncc4ccccc4n3)cc2)C=C1. The average molecular weight is 597 g/mol. The number of hydrogen-bond acceptors (Lipinski definition) is 3. The second kappa shape index (κ2) is 9.69. The molecule has 0 radical (unpaired) electrons. The van der Waals surface area contributed by atoms with Crippen molar-refractivity contribution < 1.29 is 9.13 Å². The van der Waals surface area contributed by atoms with Gasteiger partial charge in [-0.2, -0.15) is 0 Å². The zero-order chi connectivity index (χ0) is 31.0. The maximum Gasteiger partial charge on any atom is 0.178 e. The molecular weight excluding hydrogens is 567 g/mol. The molecule has 1 aliphatic heterocycles. The molecule has 2 aliphatic rings. The first-order valence-electron chi connectivity index (χ1n) is 15.6. The van der Waals surface area contributed by atoms with Crippen LogP contribution in [0.3, 0.4) is 0 Å². The van der Waals surface area contributed by atoms with Crippen LogP contribution >= 0.6 is 0 Å². The fourth-order valence-electron chi connectivity index (χ4n) is 7.55. The highest BCUT2D eigenvalue weighted by atomic mass is 19.1. The Labute approximate surface area is 266 Å². The van der Waals surface area contributed by atoms with Crippen LogP contribution in [0.25, 0.3) is 50.3 Å². The predicted molar refractivity (Wildman–Crippen MR) is 183 cm³/mol. The Morgan fingerprint density at radius 2 is 1.37 bits per heavy atom. The minimum Gasteiger partial charge on any atom is -0.472 e. The highest BCUT2D eigenvalue weighted by Gasteiger charge is 2.44. The van der Waals surface area contributed by atoms with E-state index in [1.54, 1.807) is 0 Å². The van der Waals surface area contributed by atoms with Crippen molar-refractivity contribution in [2.75, 3.05) is 0 Å². The molecule has 7 aromatic rings. The highest BCUT2D eigenvalue weighted by Crippen LogP contribution is 2.58. The summed E-state index contributed by atoms with van der Waals surface area (Å²) >= 11 is 0. The van der Waals surface area contributed by atoms with Gasteiger partial charge in [-0.25, -0.2) is 14.4 Å². The monoisotopic (exact) mass is 596 g/mol. The van der Waals surface area contributed by atoms with Gasteiger partial charge in [0, 0.05) is 44.6 Å². The normalized spacial score (nSPS) is 17.4. The van der Waals surface area contributed by atoms with E-state index in [4.69, 9.17) is 9.72 Å². The van der Waals surface area contributed by atoms with Crippen LogP contribution in [0.15, 0.2) is 134 Å². The second-order valence-electron chi connectivity index (χ2n) is 12.7. The molecule has 0 saturated heterocycles. The van der Waals surface area contributed by atoms with E-state index in [1.165, 1.54) is 39.8 Å². The topological polar surface area (TPSA) is 35.0 Å². The lowest BCUT2D eigenvalue weighted by Crippen LogP contribution is -2.35. The molecule has 6 aromatic carbocycles. The Bertz CT molecular complexity index is 2370. The number of benzene rings is 6. The summed E-state index contributed by atoms with van der Waals surface area (Å²) in [5, 5.41) is 3.23. The molecule has 1 unspecified atom stereocenters. The van der Waals surface area contributed by atoms with Crippen LogP contribution < -0.4 is 4.74 Å².